The van der Waals surface area contributed by atoms with Crippen LogP contribution in [0, 0.1) is 0 Å². The molecule has 0 aliphatic carbocycles. The van der Waals surface area contributed by atoms with Gasteiger partial charge in [0.2, 0.25) is 12.7 Å². The molecule has 142 valence electrons. The fourth-order valence-electron chi connectivity index (χ4n) is 3.28. The SMILES string of the molecule is CC(C(=O)Nc1ccc2c(c1)OCO2)N1CCN(c2ccc(Cl)cn2)CC1. The van der Waals surface area contributed by atoms with Gasteiger partial charge in [-0.3, -0.25) is 9.69 Å². The number of anilines is 2. The van der Waals surface area contributed by atoms with Crippen LogP contribution in [-0.4, -0.2) is 54.8 Å². The molecule has 1 amide bonds. The third-order valence-electron chi connectivity index (χ3n) is 4.92. The average molecular weight is 389 g/mol. The van der Waals surface area contributed by atoms with Crippen molar-refractivity contribution in [1.82, 2.24) is 9.88 Å². The molecule has 8 heteroatoms. The van der Waals surface area contributed by atoms with E-state index < -0.39 is 0 Å². The Labute approximate surface area is 162 Å². The number of carbonyl (C=O) groups is 1. The minimum absolute atomic E-state index is 0.0352. The van der Waals surface area contributed by atoms with Crippen molar-refractivity contribution in [2.75, 3.05) is 43.2 Å². The highest BCUT2D eigenvalue weighted by Gasteiger charge is 2.26. The van der Waals surface area contributed by atoms with Gasteiger partial charge in [-0.15, -0.1) is 0 Å². The Morgan fingerprint density at radius 2 is 1.93 bits per heavy atom. The maximum atomic E-state index is 12.6. The number of hydrogen-bond donors (Lipinski definition) is 1. The number of aromatic nitrogens is 1. The second-order valence-electron chi connectivity index (χ2n) is 6.59. The van der Waals surface area contributed by atoms with Gasteiger partial charge in [0.1, 0.15) is 5.82 Å². The van der Waals surface area contributed by atoms with E-state index in [0.29, 0.717) is 22.2 Å². The Hall–Kier alpha value is -2.51. The number of rotatable bonds is 4. The van der Waals surface area contributed by atoms with E-state index in [0.717, 1.165) is 32.0 Å². The number of carbonyl (C=O) groups excluding carboxylic acids is 1. The van der Waals surface area contributed by atoms with Gasteiger partial charge in [0.05, 0.1) is 11.1 Å². The summed E-state index contributed by atoms with van der Waals surface area (Å²) in [4.78, 5) is 21.4. The van der Waals surface area contributed by atoms with E-state index in [1.807, 2.05) is 25.1 Å². The molecule has 0 bridgehead atoms. The molecule has 2 aromatic rings. The summed E-state index contributed by atoms with van der Waals surface area (Å²) in [6.07, 6.45) is 1.66. The van der Waals surface area contributed by atoms with Gasteiger partial charge in [-0.25, -0.2) is 4.98 Å². The summed E-state index contributed by atoms with van der Waals surface area (Å²) in [5.41, 5.74) is 0.708. The summed E-state index contributed by atoms with van der Waals surface area (Å²) in [5, 5.41) is 3.59. The van der Waals surface area contributed by atoms with Gasteiger partial charge in [-0.05, 0) is 31.2 Å². The van der Waals surface area contributed by atoms with Crippen molar-refractivity contribution in [2.45, 2.75) is 13.0 Å². The summed E-state index contributed by atoms with van der Waals surface area (Å²) in [7, 11) is 0. The van der Waals surface area contributed by atoms with E-state index in [1.54, 1.807) is 18.3 Å². The molecule has 3 heterocycles. The van der Waals surface area contributed by atoms with Gasteiger partial charge in [0.15, 0.2) is 11.5 Å². The molecule has 27 heavy (non-hydrogen) atoms. The molecule has 2 aliphatic rings. The van der Waals surface area contributed by atoms with Crippen molar-refractivity contribution >= 4 is 29.0 Å². The van der Waals surface area contributed by atoms with Crippen molar-refractivity contribution in [2.24, 2.45) is 0 Å². The Balaban J connectivity index is 1.32. The molecular weight excluding hydrogens is 368 g/mol. The molecule has 7 nitrogen and oxygen atoms in total. The predicted octanol–water partition coefficient (Wildman–Crippen LogP) is 2.61. The summed E-state index contributed by atoms with van der Waals surface area (Å²) in [6, 6.07) is 8.96. The normalized spacial score (nSPS) is 17.6. The molecule has 1 N–H and O–H groups in total. The highest BCUT2D eigenvalue weighted by molar-refractivity contribution is 6.30. The molecular formula is C19H21ClN4O3. The number of hydrogen-bond acceptors (Lipinski definition) is 6. The number of halogens is 1. The Morgan fingerprint density at radius 1 is 1.15 bits per heavy atom. The molecule has 1 fully saturated rings. The lowest BCUT2D eigenvalue weighted by Crippen LogP contribution is -2.53. The number of nitrogens with one attached hydrogen (secondary N) is 1. The Bertz CT molecular complexity index is 822. The molecule has 0 radical (unpaired) electrons. The first-order chi connectivity index (χ1) is 13.1. The first-order valence-corrected chi connectivity index (χ1v) is 9.29. The van der Waals surface area contributed by atoms with E-state index in [9.17, 15) is 4.79 Å². The van der Waals surface area contributed by atoms with Gasteiger partial charge in [-0.2, -0.15) is 0 Å². The number of fused-ring (bicyclic) bond motifs is 1. The van der Waals surface area contributed by atoms with Crippen molar-refractivity contribution < 1.29 is 14.3 Å². The van der Waals surface area contributed by atoms with Crippen LogP contribution in [-0.2, 0) is 4.79 Å². The zero-order valence-electron chi connectivity index (χ0n) is 15.0. The summed E-state index contributed by atoms with van der Waals surface area (Å²) >= 11 is 5.90. The fourth-order valence-corrected chi connectivity index (χ4v) is 3.39. The number of pyridine rings is 1. The van der Waals surface area contributed by atoms with Crippen LogP contribution in [0.25, 0.3) is 0 Å². The van der Waals surface area contributed by atoms with Gasteiger partial charge in [0, 0.05) is 44.1 Å². The van der Waals surface area contributed by atoms with Gasteiger partial charge >= 0.3 is 0 Å². The second kappa shape index (κ2) is 7.62. The van der Waals surface area contributed by atoms with E-state index in [-0.39, 0.29) is 18.7 Å². The molecule has 0 saturated carbocycles. The van der Waals surface area contributed by atoms with Crippen LogP contribution in [0.1, 0.15) is 6.92 Å². The van der Waals surface area contributed by atoms with Crippen LogP contribution >= 0.6 is 11.6 Å². The Kier molecular flexibility index (Phi) is 5.05. The summed E-state index contributed by atoms with van der Waals surface area (Å²) in [6.45, 7) is 5.36. The smallest absolute Gasteiger partial charge is 0.241 e. The van der Waals surface area contributed by atoms with Crippen LogP contribution in [0.4, 0.5) is 11.5 Å². The molecule has 1 saturated heterocycles. The lowest BCUT2D eigenvalue weighted by molar-refractivity contribution is -0.120. The molecule has 2 aliphatic heterocycles. The van der Waals surface area contributed by atoms with E-state index in [1.165, 1.54) is 0 Å². The Morgan fingerprint density at radius 3 is 2.67 bits per heavy atom. The maximum absolute atomic E-state index is 12.6. The van der Waals surface area contributed by atoms with E-state index >= 15 is 0 Å². The molecule has 1 aromatic heterocycles. The van der Waals surface area contributed by atoms with Gasteiger partial charge in [-0.1, -0.05) is 11.6 Å². The predicted molar refractivity (Wildman–Crippen MR) is 104 cm³/mol. The number of ether oxygens (including phenoxy) is 2. The standard InChI is InChI=1S/C19H21ClN4O3/c1-13(19(25)22-15-3-4-16-17(10-15)27-12-26-16)23-6-8-24(9-7-23)18-5-2-14(20)11-21-18/h2-5,10-11,13H,6-9,12H2,1H3,(H,22,25). The number of benzene rings is 1. The van der Waals surface area contributed by atoms with E-state index in [2.05, 4.69) is 20.1 Å². The number of amides is 1. The van der Waals surface area contributed by atoms with E-state index in [4.69, 9.17) is 21.1 Å². The van der Waals surface area contributed by atoms with Crippen LogP contribution in [0.2, 0.25) is 5.02 Å². The molecule has 1 unspecified atom stereocenters. The monoisotopic (exact) mass is 388 g/mol. The van der Waals surface area contributed by atoms with Crippen molar-refractivity contribution in [3.05, 3.63) is 41.6 Å². The summed E-state index contributed by atoms with van der Waals surface area (Å²) < 4.78 is 10.6. The maximum Gasteiger partial charge on any atom is 0.241 e. The van der Waals surface area contributed by atoms with Crippen molar-refractivity contribution in [3.63, 3.8) is 0 Å². The second-order valence-corrected chi connectivity index (χ2v) is 7.03. The summed E-state index contributed by atoms with van der Waals surface area (Å²) in [5.74, 6) is 2.24. The van der Waals surface area contributed by atoms with Crippen molar-refractivity contribution in [1.29, 1.82) is 0 Å². The quantitative estimate of drug-likeness (QED) is 0.868. The highest BCUT2D eigenvalue weighted by atomic mass is 35.5. The average Bonchev–Trinajstić information content (AvgIpc) is 3.16. The molecule has 1 aromatic carbocycles. The molecule has 0 spiro atoms. The van der Waals surface area contributed by atoms with Crippen LogP contribution in [0.15, 0.2) is 36.5 Å². The molecule has 1 atom stereocenters. The highest BCUT2D eigenvalue weighted by Crippen LogP contribution is 2.34. The lowest BCUT2D eigenvalue weighted by Gasteiger charge is -2.38. The first-order valence-electron chi connectivity index (χ1n) is 8.91. The van der Waals surface area contributed by atoms with Gasteiger partial charge < -0.3 is 19.7 Å². The van der Waals surface area contributed by atoms with Crippen molar-refractivity contribution in [3.8, 4) is 11.5 Å². The number of piperazine rings is 1. The van der Waals surface area contributed by atoms with Crippen LogP contribution in [0.3, 0.4) is 0 Å². The minimum Gasteiger partial charge on any atom is -0.454 e. The van der Waals surface area contributed by atoms with Crippen LogP contribution < -0.4 is 19.7 Å². The largest absolute Gasteiger partial charge is 0.454 e. The third kappa shape index (κ3) is 3.94. The fraction of sp³-hybridized carbons (Fsp3) is 0.368. The zero-order chi connectivity index (χ0) is 18.8. The van der Waals surface area contributed by atoms with Crippen LogP contribution in [0.5, 0.6) is 11.5 Å². The minimum atomic E-state index is -0.226. The zero-order valence-corrected chi connectivity index (χ0v) is 15.8. The lowest BCUT2D eigenvalue weighted by atomic mass is 10.2. The van der Waals surface area contributed by atoms with Gasteiger partial charge in [0.25, 0.3) is 0 Å². The first kappa shape index (κ1) is 17.9. The number of nitrogens with zero attached hydrogens (tertiary/aromatic N) is 3. The topological polar surface area (TPSA) is 66.9 Å². The molecule has 4 rings (SSSR count). The third-order valence-corrected chi connectivity index (χ3v) is 5.14.